The number of aromatic nitrogens is 2. The molecule has 32 heavy (non-hydrogen) atoms. The van der Waals surface area contributed by atoms with Crippen LogP contribution in [0.15, 0.2) is 40.9 Å². The molecule has 2 N–H and O–H groups in total. The van der Waals surface area contributed by atoms with Crippen molar-refractivity contribution in [3.05, 3.63) is 57.8 Å². The molecule has 170 valence electrons. The van der Waals surface area contributed by atoms with E-state index in [0.29, 0.717) is 6.42 Å². The minimum absolute atomic E-state index is 0.0381. The number of allylic oxidation sites excluding steroid dienone is 1. The highest BCUT2D eigenvalue weighted by Gasteiger charge is 2.38. The summed E-state index contributed by atoms with van der Waals surface area (Å²) in [4.78, 5) is 24.1. The van der Waals surface area contributed by atoms with Gasteiger partial charge in [0, 0.05) is 34.1 Å². The van der Waals surface area contributed by atoms with Gasteiger partial charge in [-0.25, -0.2) is 4.68 Å². The third-order valence-electron chi connectivity index (χ3n) is 6.93. The Balaban J connectivity index is 1.42. The number of aryl methyl sites for hydroxylation is 1. The van der Waals surface area contributed by atoms with E-state index in [9.17, 15) is 14.7 Å². The Labute approximate surface area is 197 Å². The molecular formula is C25H30BrN3O3. The highest BCUT2D eigenvalue weighted by molar-refractivity contribution is 9.10. The van der Waals surface area contributed by atoms with Crippen LogP contribution in [0.1, 0.15) is 67.8 Å². The summed E-state index contributed by atoms with van der Waals surface area (Å²) in [5.74, 6) is -0.656. The van der Waals surface area contributed by atoms with Gasteiger partial charge in [-0.3, -0.25) is 9.59 Å². The quantitative estimate of drug-likeness (QED) is 0.512. The van der Waals surface area contributed by atoms with E-state index in [2.05, 4.69) is 40.3 Å². The fourth-order valence-electron chi connectivity index (χ4n) is 5.53. The van der Waals surface area contributed by atoms with Crippen molar-refractivity contribution in [3.8, 4) is 5.69 Å². The number of carboxylic acids is 1. The number of benzene rings is 1. The van der Waals surface area contributed by atoms with Crippen LogP contribution < -0.4 is 5.32 Å². The Morgan fingerprint density at radius 1 is 1.22 bits per heavy atom. The molecule has 1 amide bonds. The lowest BCUT2D eigenvalue weighted by Gasteiger charge is -2.27. The van der Waals surface area contributed by atoms with Gasteiger partial charge in [-0.05, 0) is 56.7 Å². The lowest BCUT2D eigenvalue weighted by atomic mass is 9.79. The van der Waals surface area contributed by atoms with E-state index in [1.54, 1.807) is 0 Å². The predicted octanol–water partition coefficient (Wildman–Crippen LogP) is 5.21. The number of hydrogen-bond acceptors (Lipinski definition) is 3. The number of hydrogen-bond donors (Lipinski definition) is 2. The summed E-state index contributed by atoms with van der Waals surface area (Å²) in [6.45, 7) is 4.12. The molecule has 0 aliphatic heterocycles. The van der Waals surface area contributed by atoms with Crippen LogP contribution in [-0.2, 0) is 9.59 Å². The third kappa shape index (κ3) is 4.82. The molecule has 1 fully saturated rings. The molecule has 2 aromatic rings. The molecule has 0 spiro atoms. The monoisotopic (exact) mass is 499 g/mol. The number of carboxylic acid groups (broad SMARTS) is 1. The van der Waals surface area contributed by atoms with Crippen molar-refractivity contribution in [1.82, 2.24) is 15.1 Å². The molecule has 1 aromatic heterocycles. The molecule has 2 aliphatic carbocycles. The second kappa shape index (κ2) is 9.22. The van der Waals surface area contributed by atoms with Crippen LogP contribution in [0.5, 0.6) is 0 Å². The van der Waals surface area contributed by atoms with Crippen LogP contribution in [0.25, 0.3) is 5.69 Å². The van der Waals surface area contributed by atoms with Crippen LogP contribution in [0.2, 0.25) is 0 Å². The van der Waals surface area contributed by atoms with E-state index in [-0.39, 0.29) is 29.7 Å². The van der Waals surface area contributed by atoms with E-state index >= 15 is 0 Å². The Morgan fingerprint density at radius 3 is 2.66 bits per heavy atom. The second-order valence-electron chi connectivity index (χ2n) is 9.33. The average Bonchev–Trinajstić information content (AvgIpc) is 3.41. The third-order valence-corrected chi connectivity index (χ3v) is 7.42. The fourth-order valence-corrected chi connectivity index (χ4v) is 5.92. The zero-order chi connectivity index (χ0) is 22.9. The van der Waals surface area contributed by atoms with Crippen molar-refractivity contribution in [2.24, 2.45) is 5.41 Å². The summed E-state index contributed by atoms with van der Waals surface area (Å²) in [6.07, 6.45) is 9.06. The molecule has 1 aromatic carbocycles. The van der Waals surface area contributed by atoms with Gasteiger partial charge in [0.2, 0.25) is 5.91 Å². The summed E-state index contributed by atoms with van der Waals surface area (Å²) in [6, 6.07) is 8.04. The maximum Gasteiger partial charge on any atom is 0.303 e. The maximum atomic E-state index is 12.8. The Kier molecular flexibility index (Phi) is 6.56. The highest BCUT2D eigenvalue weighted by atomic mass is 79.9. The van der Waals surface area contributed by atoms with Gasteiger partial charge in [0.1, 0.15) is 0 Å². The first kappa shape index (κ1) is 22.8. The van der Waals surface area contributed by atoms with Crippen molar-refractivity contribution in [2.75, 3.05) is 0 Å². The molecule has 0 radical (unpaired) electrons. The van der Waals surface area contributed by atoms with E-state index < -0.39 is 5.97 Å². The van der Waals surface area contributed by atoms with Gasteiger partial charge in [0.05, 0.1) is 17.8 Å². The van der Waals surface area contributed by atoms with Gasteiger partial charge >= 0.3 is 5.97 Å². The molecule has 0 saturated heterocycles. The van der Waals surface area contributed by atoms with Crippen molar-refractivity contribution in [3.63, 3.8) is 0 Å². The number of nitrogens with one attached hydrogen (secondary N) is 1. The fraction of sp³-hybridized carbons (Fsp3) is 0.480. The Bertz CT molecular complexity index is 1050. The van der Waals surface area contributed by atoms with E-state index in [0.717, 1.165) is 53.7 Å². The maximum absolute atomic E-state index is 12.8. The predicted molar refractivity (Wildman–Crippen MR) is 127 cm³/mol. The number of aliphatic carboxylic acids is 1. The summed E-state index contributed by atoms with van der Waals surface area (Å²) < 4.78 is 2.99. The zero-order valence-electron chi connectivity index (χ0n) is 18.6. The van der Waals surface area contributed by atoms with Crippen LogP contribution >= 0.6 is 15.9 Å². The van der Waals surface area contributed by atoms with Gasteiger partial charge in [0.25, 0.3) is 0 Å². The standard InChI is InChI=1S/C25H30BrN3O3/c1-16-24(17(2)29(28-16)21-7-5-6-19(26)13-21)18-8-9-20(12-18)27-22(30)14-25(15-23(31)32)10-3-4-11-25/h5-9,13,18,20H,3-4,10-12,14-15H2,1-2H3,(H,27,30)(H,31,32)/t18-,20-/m1/s1. The molecule has 1 heterocycles. The lowest BCUT2D eigenvalue weighted by Crippen LogP contribution is -2.37. The van der Waals surface area contributed by atoms with Gasteiger partial charge in [0.15, 0.2) is 0 Å². The molecular weight excluding hydrogens is 470 g/mol. The topological polar surface area (TPSA) is 84.2 Å². The molecule has 0 unspecified atom stereocenters. The summed E-state index contributed by atoms with van der Waals surface area (Å²) >= 11 is 3.53. The average molecular weight is 500 g/mol. The lowest BCUT2D eigenvalue weighted by molar-refractivity contribution is -0.140. The van der Waals surface area contributed by atoms with E-state index in [1.165, 1.54) is 5.56 Å². The first-order valence-electron chi connectivity index (χ1n) is 11.3. The molecule has 7 heteroatoms. The van der Waals surface area contributed by atoms with E-state index in [4.69, 9.17) is 5.10 Å². The van der Waals surface area contributed by atoms with E-state index in [1.807, 2.05) is 35.9 Å². The number of rotatable bonds is 7. The van der Waals surface area contributed by atoms with Crippen LogP contribution in [0.4, 0.5) is 0 Å². The molecule has 4 rings (SSSR count). The van der Waals surface area contributed by atoms with Crippen molar-refractivity contribution < 1.29 is 14.7 Å². The number of nitrogens with zero attached hydrogens (tertiary/aromatic N) is 2. The molecule has 6 nitrogen and oxygen atoms in total. The zero-order valence-corrected chi connectivity index (χ0v) is 20.2. The first-order valence-corrected chi connectivity index (χ1v) is 12.1. The number of amides is 1. The number of halogens is 1. The Hall–Kier alpha value is -2.41. The smallest absolute Gasteiger partial charge is 0.303 e. The van der Waals surface area contributed by atoms with Gasteiger partial charge in [-0.1, -0.05) is 47.0 Å². The number of carbonyl (C=O) groups excluding carboxylic acids is 1. The Morgan fingerprint density at radius 2 is 1.97 bits per heavy atom. The first-order chi connectivity index (χ1) is 15.3. The van der Waals surface area contributed by atoms with Crippen molar-refractivity contribution >= 4 is 27.8 Å². The normalized spacial score (nSPS) is 21.7. The van der Waals surface area contributed by atoms with Gasteiger partial charge < -0.3 is 10.4 Å². The van der Waals surface area contributed by atoms with Crippen molar-refractivity contribution in [2.45, 2.75) is 70.8 Å². The summed E-state index contributed by atoms with van der Waals surface area (Å²) in [7, 11) is 0. The summed E-state index contributed by atoms with van der Waals surface area (Å²) in [5, 5.41) is 17.2. The summed E-state index contributed by atoms with van der Waals surface area (Å²) in [5.41, 5.74) is 3.94. The minimum Gasteiger partial charge on any atom is -0.481 e. The molecule has 2 atom stereocenters. The molecule has 0 bridgehead atoms. The largest absolute Gasteiger partial charge is 0.481 e. The molecule has 2 aliphatic rings. The van der Waals surface area contributed by atoms with Crippen molar-refractivity contribution in [1.29, 1.82) is 0 Å². The van der Waals surface area contributed by atoms with Crippen LogP contribution in [0.3, 0.4) is 0 Å². The van der Waals surface area contributed by atoms with Gasteiger partial charge in [-0.15, -0.1) is 0 Å². The number of carbonyl (C=O) groups is 2. The highest BCUT2D eigenvalue weighted by Crippen LogP contribution is 2.44. The van der Waals surface area contributed by atoms with Crippen LogP contribution in [0, 0.1) is 19.3 Å². The minimum atomic E-state index is -0.811. The molecule has 1 saturated carbocycles. The SMILES string of the molecule is Cc1nn(-c2cccc(Br)c2)c(C)c1[C@@H]1C=C[C@@H](NC(=O)CC2(CC(=O)O)CCCC2)C1. The van der Waals surface area contributed by atoms with Gasteiger partial charge in [-0.2, -0.15) is 5.10 Å². The van der Waals surface area contributed by atoms with Crippen LogP contribution in [-0.4, -0.2) is 32.8 Å². The second-order valence-corrected chi connectivity index (χ2v) is 10.2.